The number of nitrogens with zero attached hydrogens (tertiary/aromatic N) is 4. The Kier molecular flexibility index (Phi) is 3.67. The smallest absolute Gasteiger partial charge is 0.185 e. The lowest BCUT2D eigenvalue weighted by atomic mass is 9.77. The summed E-state index contributed by atoms with van der Waals surface area (Å²) in [6.45, 7) is 0. The zero-order chi connectivity index (χ0) is 14.9. The van der Waals surface area contributed by atoms with Crippen LogP contribution in [0.5, 0.6) is 0 Å². The van der Waals surface area contributed by atoms with E-state index in [1.165, 1.54) is 35.9 Å². The topological polar surface area (TPSA) is 68.6 Å². The minimum absolute atomic E-state index is 0.143. The van der Waals surface area contributed by atoms with Crippen molar-refractivity contribution >= 4 is 41.0 Å². The van der Waals surface area contributed by atoms with E-state index in [-0.39, 0.29) is 5.78 Å². The molecule has 0 aromatic carbocycles. The summed E-state index contributed by atoms with van der Waals surface area (Å²) in [5, 5.41) is 11.8. The van der Waals surface area contributed by atoms with Crippen molar-refractivity contribution in [1.82, 2.24) is 19.2 Å². The highest BCUT2D eigenvalue weighted by Crippen LogP contribution is 2.47. The molecule has 4 rings (SSSR count). The Morgan fingerprint density at radius 1 is 1.00 bits per heavy atom. The van der Waals surface area contributed by atoms with E-state index in [0.717, 1.165) is 35.4 Å². The number of Topliss-reactive ketones (excluding diaryl/α,β-unsaturated/α-hetero) is 1. The zero-order valence-electron chi connectivity index (χ0n) is 11.8. The average molecular weight is 330 g/mol. The lowest BCUT2D eigenvalue weighted by Gasteiger charge is -2.26. The van der Waals surface area contributed by atoms with Crippen molar-refractivity contribution in [2.45, 2.75) is 25.7 Å². The third-order valence-electron chi connectivity index (χ3n) is 4.25. The Morgan fingerprint density at radius 3 is 2.27 bits per heavy atom. The summed E-state index contributed by atoms with van der Waals surface area (Å²) in [5.41, 5.74) is 3.29. The van der Waals surface area contributed by atoms with Crippen molar-refractivity contribution in [3.05, 3.63) is 33.3 Å². The molecule has 2 aromatic rings. The molecule has 2 aromatic heterocycles. The Balaban J connectivity index is 1.68. The van der Waals surface area contributed by atoms with Gasteiger partial charge in [0.05, 0.1) is 11.4 Å². The summed E-state index contributed by atoms with van der Waals surface area (Å²) >= 11 is 2.61. The number of aromatic nitrogens is 4. The zero-order valence-corrected chi connectivity index (χ0v) is 13.4. The van der Waals surface area contributed by atoms with E-state index in [2.05, 4.69) is 19.2 Å². The summed E-state index contributed by atoms with van der Waals surface area (Å²) in [4.78, 5) is 12.9. The molecule has 0 saturated heterocycles. The molecule has 0 radical (unpaired) electrons. The number of ketones is 1. The number of carbonyl (C=O) groups excluding carboxylic acids is 1. The quantitative estimate of drug-likeness (QED) is 0.808. The molecular weight excluding hydrogens is 316 g/mol. The van der Waals surface area contributed by atoms with Crippen LogP contribution in [-0.2, 0) is 4.79 Å². The van der Waals surface area contributed by atoms with Gasteiger partial charge in [0.1, 0.15) is 0 Å². The molecule has 0 bridgehead atoms. The Hall–Kier alpha value is -1.73. The van der Waals surface area contributed by atoms with Crippen molar-refractivity contribution in [2.75, 3.05) is 0 Å². The van der Waals surface area contributed by atoms with Gasteiger partial charge in [-0.1, -0.05) is 8.98 Å². The number of carbonyl (C=O) groups is 1. The maximum absolute atomic E-state index is 12.9. The molecule has 112 valence electrons. The van der Waals surface area contributed by atoms with Gasteiger partial charge < -0.3 is 0 Å². The van der Waals surface area contributed by atoms with Gasteiger partial charge in [0, 0.05) is 21.9 Å². The second-order valence-electron chi connectivity index (χ2n) is 5.74. The summed E-state index contributed by atoms with van der Waals surface area (Å²) in [6.07, 6.45) is 8.13. The normalized spacial score (nSPS) is 26.0. The first kappa shape index (κ1) is 13.9. The van der Waals surface area contributed by atoms with Gasteiger partial charge in [-0.05, 0) is 72.7 Å². The standard InChI is InChI=1S/C15H14N4OS2/c20-15-10(5-11-7-21-18-16-11)3-4-13(9-1-2-9)14(15)6-12-8-22-19-17-12/h5-9,13H,1-4H2/b10-5-,14-6-/t13-/m1/s1. The summed E-state index contributed by atoms with van der Waals surface area (Å²) in [7, 11) is 0. The SMILES string of the molecule is O=C1/C(=C\c2csnn2)CC[C@H](C2CC2)/C1=C/c1csnn1. The largest absolute Gasteiger partial charge is 0.289 e. The second kappa shape index (κ2) is 5.81. The van der Waals surface area contributed by atoms with E-state index in [0.29, 0.717) is 11.8 Å². The highest BCUT2D eigenvalue weighted by Gasteiger charge is 2.39. The minimum Gasteiger partial charge on any atom is -0.289 e. The molecule has 2 saturated carbocycles. The van der Waals surface area contributed by atoms with E-state index in [1.54, 1.807) is 0 Å². The summed E-state index contributed by atoms with van der Waals surface area (Å²) < 4.78 is 7.73. The lowest BCUT2D eigenvalue weighted by molar-refractivity contribution is -0.113. The Morgan fingerprint density at radius 2 is 1.68 bits per heavy atom. The maximum atomic E-state index is 12.9. The van der Waals surface area contributed by atoms with Crippen LogP contribution in [0.25, 0.3) is 12.2 Å². The van der Waals surface area contributed by atoms with Gasteiger partial charge >= 0.3 is 0 Å². The molecule has 5 nitrogen and oxygen atoms in total. The number of hydrogen-bond acceptors (Lipinski definition) is 7. The molecule has 2 fully saturated rings. The summed E-state index contributed by atoms with van der Waals surface area (Å²) in [6, 6.07) is 0. The molecule has 0 amide bonds. The van der Waals surface area contributed by atoms with Crippen LogP contribution in [0.4, 0.5) is 0 Å². The Bertz CT molecular complexity index is 730. The van der Waals surface area contributed by atoms with Gasteiger partial charge in [0.25, 0.3) is 0 Å². The van der Waals surface area contributed by atoms with Crippen LogP contribution in [0, 0.1) is 11.8 Å². The van der Waals surface area contributed by atoms with Crippen LogP contribution in [0.3, 0.4) is 0 Å². The van der Waals surface area contributed by atoms with Crippen molar-refractivity contribution in [2.24, 2.45) is 11.8 Å². The third kappa shape index (κ3) is 2.78. The van der Waals surface area contributed by atoms with Crippen LogP contribution < -0.4 is 0 Å². The molecule has 7 heteroatoms. The van der Waals surface area contributed by atoms with E-state index in [4.69, 9.17) is 0 Å². The highest BCUT2D eigenvalue weighted by molar-refractivity contribution is 7.03. The van der Waals surface area contributed by atoms with Gasteiger partial charge in [0.15, 0.2) is 5.78 Å². The summed E-state index contributed by atoms with van der Waals surface area (Å²) in [5.74, 6) is 1.19. The molecule has 0 aliphatic heterocycles. The number of rotatable bonds is 3. The van der Waals surface area contributed by atoms with Crippen molar-refractivity contribution < 1.29 is 4.79 Å². The van der Waals surface area contributed by atoms with Gasteiger partial charge in [0.2, 0.25) is 0 Å². The molecule has 2 aliphatic rings. The van der Waals surface area contributed by atoms with Crippen LogP contribution >= 0.6 is 23.1 Å². The molecule has 2 heterocycles. The molecule has 22 heavy (non-hydrogen) atoms. The van der Waals surface area contributed by atoms with E-state index in [1.807, 2.05) is 22.9 Å². The van der Waals surface area contributed by atoms with E-state index < -0.39 is 0 Å². The molecule has 0 spiro atoms. The van der Waals surface area contributed by atoms with Crippen LogP contribution in [-0.4, -0.2) is 25.0 Å². The van der Waals surface area contributed by atoms with Crippen LogP contribution in [0.15, 0.2) is 21.9 Å². The molecule has 1 atom stereocenters. The molecule has 0 N–H and O–H groups in total. The molecular formula is C15H14N4OS2. The average Bonchev–Trinajstić information content (AvgIpc) is 3.00. The van der Waals surface area contributed by atoms with Gasteiger partial charge in [-0.3, -0.25) is 4.79 Å². The van der Waals surface area contributed by atoms with E-state index in [9.17, 15) is 4.79 Å². The number of hydrogen-bond donors (Lipinski definition) is 0. The second-order valence-corrected chi connectivity index (χ2v) is 6.96. The fourth-order valence-corrected chi connectivity index (χ4v) is 3.86. The Labute approximate surface area is 136 Å². The maximum Gasteiger partial charge on any atom is 0.185 e. The fourth-order valence-electron chi connectivity index (χ4n) is 3.04. The minimum atomic E-state index is 0.143. The predicted octanol–water partition coefficient (Wildman–Crippen LogP) is 3.25. The van der Waals surface area contributed by atoms with Gasteiger partial charge in [-0.2, -0.15) is 0 Å². The van der Waals surface area contributed by atoms with Crippen molar-refractivity contribution in [3.63, 3.8) is 0 Å². The van der Waals surface area contributed by atoms with Crippen LogP contribution in [0.2, 0.25) is 0 Å². The third-order valence-corrected chi connectivity index (χ3v) is 5.29. The molecule has 0 unspecified atom stereocenters. The molecule has 2 aliphatic carbocycles. The van der Waals surface area contributed by atoms with Crippen LogP contribution in [0.1, 0.15) is 37.1 Å². The predicted molar refractivity (Wildman–Crippen MR) is 86.2 cm³/mol. The van der Waals surface area contributed by atoms with E-state index >= 15 is 0 Å². The fraction of sp³-hybridized carbons (Fsp3) is 0.400. The van der Waals surface area contributed by atoms with Gasteiger partial charge in [-0.15, -0.1) is 10.2 Å². The van der Waals surface area contributed by atoms with Gasteiger partial charge in [-0.25, -0.2) is 0 Å². The first-order valence-corrected chi connectivity index (χ1v) is 8.99. The van der Waals surface area contributed by atoms with Crippen molar-refractivity contribution in [1.29, 1.82) is 0 Å². The van der Waals surface area contributed by atoms with Crippen molar-refractivity contribution in [3.8, 4) is 0 Å². The lowest BCUT2D eigenvalue weighted by Crippen LogP contribution is -2.23. The first-order valence-electron chi connectivity index (χ1n) is 7.32. The number of allylic oxidation sites excluding steroid dienone is 2. The monoisotopic (exact) mass is 330 g/mol. The highest BCUT2D eigenvalue weighted by atomic mass is 32.1. The first-order chi connectivity index (χ1) is 10.8.